The topological polar surface area (TPSA) is 57.6 Å². The Morgan fingerprint density at radius 3 is 2.25 bits per heavy atom. The average molecular weight is 550 g/mol. The van der Waals surface area contributed by atoms with Gasteiger partial charge in [-0.25, -0.2) is 8.42 Å². The van der Waals surface area contributed by atoms with Crippen LogP contribution in [0.15, 0.2) is 57.9 Å². The maximum absolute atomic E-state index is 13.6. The van der Waals surface area contributed by atoms with Crippen molar-refractivity contribution in [3.8, 4) is 0 Å². The van der Waals surface area contributed by atoms with Crippen LogP contribution in [0.25, 0.3) is 10.1 Å². The van der Waals surface area contributed by atoms with E-state index < -0.39 is 28.2 Å². The number of hydrogen-bond donors (Lipinski definition) is 1. The van der Waals surface area contributed by atoms with Crippen LogP contribution < -0.4 is 4.31 Å². The fourth-order valence-electron chi connectivity index (χ4n) is 3.44. The SMILES string of the molecule is CC(C)(O)c1c(N(CCCCC(F)(F)F)S(=O)(=O)c2ccc(Br)cc2)sc2ccccc12. The lowest BCUT2D eigenvalue weighted by molar-refractivity contribution is -0.135. The number of rotatable bonds is 8. The molecule has 0 saturated heterocycles. The number of alkyl halides is 3. The van der Waals surface area contributed by atoms with Crippen molar-refractivity contribution >= 4 is 52.4 Å². The Morgan fingerprint density at radius 1 is 1.03 bits per heavy atom. The highest BCUT2D eigenvalue weighted by Crippen LogP contribution is 2.45. The zero-order chi connectivity index (χ0) is 23.7. The Bertz CT molecular complexity index is 1180. The van der Waals surface area contributed by atoms with Crippen molar-refractivity contribution < 1.29 is 26.7 Å². The maximum Gasteiger partial charge on any atom is 0.389 e. The fraction of sp³-hybridized carbons (Fsp3) is 0.364. The zero-order valence-corrected chi connectivity index (χ0v) is 20.7. The monoisotopic (exact) mass is 549 g/mol. The lowest BCUT2D eigenvalue weighted by Gasteiger charge is -2.28. The fourth-order valence-corrected chi connectivity index (χ4v) is 6.82. The van der Waals surface area contributed by atoms with Gasteiger partial charge in [0.05, 0.1) is 10.5 Å². The molecule has 0 fully saturated rings. The van der Waals surface area contributed by atoms with Crippen LogP contribution in [0, 0.1) is 0 Å². The lowest BCUT2D eigenvalue weighted by atomic mass is 9.97. The van der Waals surface area contributed by atoms with Gasteiger partial charge in [0, 0.05) is 33.1 Å². The molecule has 0 bridgehead atoms. The van der Waals surface area contributed by atoms with Crippen molar-refractivity contribution in [1.82, 2.24) is 0 Å². The Morgan fingerprint density at radius 2 is 1.66 bits per heavy atom. The molecule has 1 heterocycles. The van der Waals surface area contributed by atoms with E-state index in [4.69, 9.17) is 0 Å². The molecular formula is C22H23BrF3NO3S2. The number of thiophene rings is 1. The highest BCUT2D eigenvalue weighted by atomic mass is 79.9. The summed E-state index contributed by atoms with van der Waals surface area (Å²) in [6.45, 7) is 3.00. The predicted octanol–water partition coefficient (Wildman–Crippen LogP) is 6.82. The highest BCUT2D eigenvalue weighted by Gasteiger charge is 2.34. The number of hydrogen-bond acceptors (Lipinski definition) is 4. The molecule has 0 amide bonds. The van der Waals surface area contributed by atoms with Crippen molar-refractivity contribution in [3.05, 3.63) is 58.6 Å². The Kier molecular flexibility index (Phi) is 7.29. The summed E-state index contributed by atoms with van der Waals surface area (Å²) < 4.78 is 67.7. The second-order valence-electron chi connectivity index (χ2n) is 7.94. The first-order valence-electron chi connectivity index (χ1n) is 9.90. The van der Waals surface area contributed by atoms with E-state index in [-0.39, 0.29) is 24.3 Å². The van der Waals surface area contributed by atoms with Gasteiger partial charge in [-0.2, -0.15) is 13.2 Å². The standard InChI is InChI=1S/C22H23BrF3NO3S2/c1-21(2,28)19-17-7-3-4-8-18(17)31-20(19)27(14-6-5-13-22(24,25)26)32(29,30)16-11-9-15(23)10-12-16/h3-4,7-12,28H,5-6,13-14H2,1-2H3. The third-order valence-electron chi connectivity index (χ3n) is 4.89. The molecular weight excluding hydrogens is 527 g/mol. The van der Waals surface area contributed by atoms with E-state index in [1.807, 2.05) is 12.1 Å². The molecule has 0 aliphatic heterocycles. The van der Waals surface area contributed by atoms with Crippen LogP contribution in [-0.4, -0.2) is 26.2 Å². The van der Waals surface area contributed by atoms with Gasteiger partial charge in [-0.3, -0.25) is 4.31 Å². The molecule has 10 heteroatoms. The van der Waals surface area contributed by atoms with Crippen LogP contribution in [0.2, 0.25) is 0 Å². The largest absolute Gasteiger partial charge is 0.389 e. The van der Waals surface area contributed by atoms with Crippen LogP contribution >= 0.6 is 27.3 Å². The van der Waals surface area contributed by atoms with Gasteiger partial charge in [0.1, 0.15) is 5.00 Å². The molecule has 3 aromatic rings. The molecule has 0 spiro atoms. The van der Waals surface area contributed by atoms with E-state index in [9.17, 15) is 26.7 Å². The molecule has 32 heavy (non-hydrogen) atoms. The summed E-state index contributed by atoms with van der Waals surface area (Å²) in [6, 6.07) is 13.3. The van der Waals surface area contributed by atoms with Gasteiger partial charge in [-0.15, -0.1) is 11.3 Å². The first-order chi connectivity index (χ1) is 14.8. The molecule has 0 radical (unpaired) electrons. The number of halogens is 4. The van der Waals surface area contributed by atoms with Crippen molar-refractivity contribution in [2.45, 2.75) is 49.8 Å². The molecule has 0 atom stereocenters. The van der Waals surface area contributed by atoms with E-state index in [0.717, 1.165) is 9.01 Å². The number of sulfonamides is 1. The Balaban J connectivity index is 2.12. The first-order valence-corrected chi connectivity index (χ1v) is 12.9. The summed E-state index contributed by atoms with van der Waals surface area (Å²) in [7, 11) is -4.09. The molecule has 0 aliphatic carbocycles. The summed E-state index contributed by atoms with van der Waals surface area (Å²) >= 11 is 4.48. The van der Waals surface area contributed by atoms with Gasteiger partial charge in [0.2, 0.25) is 0 Å². The normalized spacial score (nSPS) is 13.0. The van der Waals surface area contributed by atoms with E-state index in [2.05, 4.69) is 15.9 Å². The van der Waals surface area contributed by atoms with Gasteiger partial charge in [0.15, 0.2) is 0 Å². The Labute approximate surface area is 197 Å². The third-order valence-corrected chi connectivity index (χ3v) is 8.54. The van der Waals surface area contributed by atoms with Gasteiger partial charge < -0.3 is 5.11 Å². The van der Waals surface area contributed by atoms with Crippen LogP contribution in [-0.2, 0) is 15.6 Å². The molecule has 2 aromatic carbocycles. The number of aliphatic hydroxyl groups is 1. The van der Waals surface area contributed by atoms with Crippen molar-refractivity contribution in [2.24, 2.45) is 0 Å². The molecule has 3 rings (SSSR count). The second-order valence-corrected chi connectivity index (χ2v) is 11.7. The number of unbranched alkanes of at least 4 members (excludes halogenated alkanes) is 1. The predicted molar refractivity (Wildman–Crippen MR) is 126 cm³/mol. The van der Waals surface area contributed by atoms with Crippen molar-refractivity contribution in [2.75, 3.05) is 10.8 Å². The van der Waals surface area contributed by atoms with Gasteiger partial charge >= 0.3 is 6.18 Å². The zero-order valence-electron chi connectivity index (χ0n) is 17.5. The van der Waals surface area contributed by atoms with E-state index in [1.54, 1.807) is 38.1 Å². The minimum atomic E-state index is -4.30. The number of benzene rings is 2. The minimum absolute atomic E-state index is 0.0226. The molecule has 0 saturated carbocycles. The highest BCUT2D eigenvalue weighted by molar-refractivity contribution is 9.10. The molecule has 0 unspecified atom stereocenters. The van der Waals surface area contributed by atoms with Crippen LogP contribution in [0.1, 0.15) is 38.7 Å². The molecule has 1 N–H and O–H groups in total. The number of anilines is 1. The average Bonchev–Trinajstić information content (AvgIpc) is 3.06. The minimum Gasteiger partial charge on any atom is -0.386 e. The molecule has 1 aromatic heterocycles. The molecule has 174 valence electrons. The van der Waals surface area contributed by atoms with Crippen molar-refractivity contribution in [1.29, 1.82) is 0 Å². The van der Waals surface area contributed by atoms with Crippen molar-refractivity contribution in [3.63, 3.8) is 0 Å². The maximum atomic E-state index is 13.6. The molecule has 0 aliphatic rings. The smallest absolute Gasteiger partial charge is 0.386 e. The van der Waals surface area contributed by atoms with E-state index in [0.29, 0.717) is 20.4 Å². The molecule has 4 nitrogen and oxygen atoms in total. The van der Waals surface area contributed by atoms with E-state index in [1.165, 1.54) is 23.5 Å². The summed E-state index contributed by atoms with van der Waals surface area (Å²) in [4.78, 5) is 0.0238. The van der Waals surface area contributed by atoms with Gasteiger partial charge in [-0.05, 0) is 57.0 Å². The second kappa shape index (κ2) is 9.32. The lowest BCUT2D eigenvalue weighted by Crippen LogP contribution is -2.33. The number of nitrogens with zero attached hydrogens (tertiary/aromatic N) is 1. The number of fused-ring (bicyclic) bond motifs is 1. The Hall–Kier alpha value is -1.62. The van der Waals surface area contributed by atoms with Crippen LogP contribution in [0.5, 0.6) is 0 Å². The summed E-state index contributed by atoms with van der Waals surface area (Å²) in [5, 5.41) is 11.9. The van der Waals surface area contributed by atoms with Gasteiger partial charge in [-0.1, -0.05) is 34.1 Å². The first kappa shape index (κ1) is 25.0. The van der Waals surface area contributed by atoms with E-state index >= 15 is 0 Å². The van der Waals surface area contributed by atoms with Gasteiger partial charge in [0.25, 0.3) is 10.0 Å². The third kappa shape index (κ3) is 5.65. The summed E-state index contributed by atoms with van der Waals surface area (Å²) in [6.07, 6.45) is -5.46. The van der Waals surface area contributed by atoms with Crippen LogP contribution in [0.4, 0.5) is 18.2 Å². The van der Waals surface area contributed by atoms with Crippen LogP contribution in [0.3, 0.4) is 0 Å². The summed E-state index contributed by atoms with van der Waals surface area (Å²) in [5.41, 5.74) is -0.927. The summed E-state index contributed by atoms with van der Waals surface area (Å²) in [5.74, 6) is 0. The quantitative estimate of drug-likeness (QED) is 0.313.